The first-order chi connectivity index (χ1) is 17.2. The minimum absolute atomic E-state index is 0.273. The predicted octanol–water partition coefficient (Wildman–Crippen LogP) is 4.04. The van der Waals surface area contributed by atoms with Crippen molar-refractivity contribution in [2.45, 2.75) is 38.3 Å². The van der Waals surface area contributed by atoms with Gasteiger partial charge in [-0.3, -0.25) is 14.6 Å². The van der Waals surface area contributed by atoms with E-state index in [2.05, 4.69) is 32.6 Å². The van der Waals surface area contributed by atoms with E-state index >= 15 is 0 Å². The molecule has 5 heterocycles. The molecule has 0 bridgehead atoms. The van der Waals surface area contributed by atoms with E-state index < -0.39 is 0 Å². The molecule has 9 nitrogen and oxygen atoms in total. The Morgan fingerprint density at radius 3 is 2.83 bits per heavy atom. The molecule has 0 radical (unpaired) electrons. The molecule has 0 saturated carbocycles. The van der Waals surface area contributed by atoms with E-state index in [9.17, 15) is 0 Å². The molecule has 9 heteroatoms. The Kier molecular flexibility index (Phi) is 7.06. The summed E-state index contributed by atoms with van der Waals surface area (Å²) in [6.07, 6.45) is 11.4. The van der Waals surface area contributed by atoms with Gasteiger partial charge in [0, 0.05) is 73.3 Å². The molecule has 35 heavy (non-hydrogen) atoms. The highest BCUT2D eigenvalue weighted by molar-refractivity contribution is 5.68. The molecule has 5 rings (SSSR count). The lowest BCUT2D eigenvalue weighted by Gasteiger charge is -2.27. The first-order valence-corrected chi connectivity index (χ1v) is 12.0. The molecule has 180 valence electrons. The van der Waals surface area contributed by atoms with E-state index in [0.29, 0.717) is 19.2 Å². The average molecular weight is 471 g/mol. The van der Waals surface area contributed by atoms with E-state index in [1.54, 1.807) is 19.5 Å². The lowest BCUT2D eigenvalue weighted by Crippen LogP contribution is -2.36. The highest BCUT2D eigenvalue weighted by Crippen LogP contribution is 2.29. The highest BCUT2D eigenvalue weighted by Gasteiger charge is 2.23. The number of methoxy groups -OCH3 is 1. The number of rotatable bonds is 8. The van der Waals surface area contributed by atoms with E-state index in [0.717, 1.165) is 59.2 Å². The van der Waals surface area contributed by atoms with Crippen LogP contribution in [0, 0.1) is 0 Å². The van der Waals surface area contributed by atoms with Crippen LogP contribution in [0.2, 0.25) is 0 Å². The molecule has 1 fully saturated rings. The zero-order valence-electron chi connectivity index (χ0n) is 20.1. The van der Waals surface area contributed by atoms with Crippen LogP contribution in [0.1, 0.15) is 31.5 Å². The first kappa shape index (κ1) is 23.1. The average Bonchev–Trinajstić information content (AvgIpc) is 3.37. The van der Waals surface area contributed by atoms with E-state index in [-0.39, 0.29) is 5.92 Å². The van der Waals surface area contributed by atoms with Gasteiger partial charge in [-0.2, -0.15) is 5.10 Å². The maximum absolute atomic E-state index is 5.14. The third-order valence-electron chi connectivity index (χ3n) is 6.21. The maximum atomic E-state index is 5.14. The number of nitrogens with one attached hydrogen (secondary N) is 2. The molecule has 4 aromatic heterocycles. The molecule has 0 aromatic carbocycles. The number of piperidine rings is 1. The van der Waals surface area contributed by atoms with Crippen molar-refractivity contribution in [1.29, 1.82) is 0 Å². The Morgan fingerprint density at radius 2 is 2.03 bits per heavy atom. The summed E-state index contributed by atoms with van der Waals surface area (Å²) in [5.74, 6) is 1.87. The standard InChI is InChI=1S/C26H30N8O/c1-18-5-6-20(15-29-18)26-32-24(19-4-3-8-27-14-19)13-25(33-26)31-22-7-9-28-23(12-22)21-16-30-34(17-21)10-11-35-2/h3-4,7-9,12-14,16-18,20,29H,5-6,10-11,15H2,1-2H3,(H,28,31,32,33)/t18-,20+/m0/s1. The van der Waals surface area contributed by atoms with Crippen LogP contribution in [0.4, 0.5) is 11.5 Å². The fraction of sp³-hybridized carbons (Fsp3) is 0.346. The normalized spacial score (nSPS) is 17.9. The topological polar surface area (TPSA) is 103 Å². The van der Waals surface area contributed by atoms with Gasteiger partial charge in [-0.25, -0.2) is 9.97 Å². The van der Waals surface area contributed by atoms with Crippen molar-refractivity contribution in [2.75, 3.05) is 25.6 Å². The second kappa shape index (κ2) is 10.7. The molecule has 4 aromatic rings. The quantitative estimate of drug-likeness (QED) is 0.398. The smallest absolute Gasteiger partial charge is 0.135 e. The van der Waals surface area contributed by atoms with Crippen LogP contribution in [-0.2, 0) is 11.3 Å². The van der Waals surface area contributed by atoms with Gasteiger partial charge in [-0.05, 0) is 44.0 Å². The van der Waals surface area contributed by atoms with Gasteiger partial charge in [0.15, 0.2) is 0 Å². The summed E-state index contributed by atoms with van der Waals surface area (Å²) in [7, 11) is 1.69. The first-order valence-electron chi connectivity index (χ1n) is 12.0. The predicted molar refractivity (Wildman–Crippen MR) is 135 cm³/mol. The zero-order chi connectivity index (χ0) is 24.0. The Hall–Kier alpha value is -3.69. The SMILES string of the molecule is COCCn1cc(-c2cc(Nc3cc(-c4cccnc4)nc([C@@H]4CC[C@H](C)NC4)n3)ccn2)cn1. The van der Waals surface area contributed by atoms with Crippen molar-refractivity contribution in [3.63, 3.8) is 0 Å². The number of pyridine rings is 2. The van der Waals surface area contributed by atoms with Crippen LogP contribution in [0.5, 0.6) is 0 Å². The van der Waals surface area contributed by atoms with Gasteiger partial charge < -0.3 is 15.4 Å². The third-order valence-corrected chi connectivity index (χ3v) is 6.21. The summed E-state index contributed by atoms with van der Waals surface area (Å²) in [4.78, 5) is 18.6. The second-order valence-electron chi connectivity index (χ2n) is 8.86. The fourth-order valence-electron chi connectivity index (χ4n) is 4.21. The minimum atomic E-state index is 0.273. The van der Waals surface area contributed by atoms with Crippen molar-refractivity contribution in [3.05, 3.63) is 67.1 Å². The molecule has 2 atom stereocenters. The molecule has 0 unspecified atom stereocenters. The number of hydrogen-bond donors (Lipinski definition) is 2. The zero-order valence-corrected chi connectivity index (χ0v) is 20.1. The van der Waals surface area contributed by atoms with Crippen molar-refractivity contribution >= 4 is 11.5 Å². The van der Waals surface area contributed by atoms with Gasteiger partial charge in [0.25, 0.3) is 0 Å². The molecule has 0 spiro atoms. The third kappa shape index (κ3) is 5.70. The monoisotopic (exact) mass is 470 g/mol. The fourth-order valence-corrected chi connectivity index (χ4v) is 4.21. The van der Waals surface area contributed by atoms with Crippen LogP contribution in [-0.4, -0.2) is 56.0 Å². The number of nitrogens with zero attached hydrogens (tertiary/aromatic N) is 6. The van der Waals surface area contributed by atoms with Crippen LogP contribution in [0.15, 0.2) is 61.3 Å². The van der Waals surface area contributed by atoms with Gasteiger partial charge in [0.05, 0.1) is 30.7 Å². The van der Waals surface area contributed by atoms with Crippen molar-refractivity contribution in [2.24, 2.45) is 0 Å². The van der Waals surface area contributed by atoms with Crippen LogP contribution in [0.3, 0.4) is 0 Å². The molecule has 2 N–H and O–H groups in total. The van der Waals surface area contributed by atoms with Crippen LogP contribution >= 0.6 is 0 Å². The Morgan fingerprint density at radius 1 is 1.09 bits per heavy atom. The molecule has 1 aliphatic rings. The second-order valence-corrected chi connectivity index (χ2v) is 8.86. The van der Waals surface area contributed by atoms with Crippen LogP contribution in [0.25, 0.3) is 22.5 Å². The Labute approximate surface area is 205 Å². The molecular formula is C26H30N8O. The molecule has 0 aliphatic carbocycles. The van der Waals surface area contributed by atoms with E-state index in [1.807, 2.05) is 53.6 Å². The van der Waals surface area contributed by atoms with Gasteiger partial charge in [0.2, 0.25) is 0 Å². The number of anilines is 2. The molecule has 1 aliphatic heterocycles. The molecular weight excluding hydrogens is 440 g/mol. The highest BCUT2D eigenvalue weighted by atomic mass is 16.5. The van der Waals surface area contributed by atoms with Gasteiger partial charge >= 0.3 is 0 Å². The van der Waals surface area contributed by atoms with Gasteiger partial charge in [-0.15, -0.1) is 0 Å². The van der Waals surface area contributed by atoms with Gasteiger partial charge in [0.1, 0.15) is 11.6 Å². The van der Waals surface area contributed by atoms with Crippen molar-refractivity contribution in [3.8, 4) is 22.5 Å². The minimum Gasteiger partial charge on any atom is -0.383 e. The molecule has 1 saturated heterocycles. The maximum Gasteiger partial charge on any atom is 0.135 e. The summed E-state index contributed by atoms with van der Waals surface area (Å²) in [6, 6.07) is 10.4. The summed E-state index contributed by atoms with van der Waals surface area (Å²) in [5, 5.41) is 11.4. The van der Waals surface area contributed by atoms with Crippen molar-refractivity contribution in [1.82, 2.24) is 35.0 Å². The number of aromatic nitrogens is 6. The van der Waals surface area contributed by atoms with E-state index in [1.165, 1.54) is 0 Å². The number of ether oxygens (including phenoxy) is 1. The van der Waals surface area contributed by atoms with E-state index in [4.69, 9.17) is 14.7 Å². The van der Waals surface area contributed by atoms with Gasteiger partial charge in [-0.1, -0.05) is 0 Å². The molecule has 0 amide bonds. The summed E-state index contributed by atoms with van der Waals surface area (Å²) in [6.45, 7) is 4.41. The van der Waals surface area contributed by atoms with Crippen molar-refractivity contribution < 1.29 is 4.74 Å². The summed E-state index contributed by atoms with van der Waals surface area (Å²) in [5.41, 5.74) is 4.52. The number of hydrogen-bond acceptors (Lipinski definition) is 8. The lowest BCUT2D eigenvalue weighted by molar-refractivity contribution is 0.183. The van der Waals surface area contributed by atoms with Crippen LogP contribution < -0.4 is 10.6 Å². The Bertz CT molecular complexity index is 1250. The largest absolute Gasteiger partial charge is 0.383 e. The lowest BCUT2D eigenvalue weighted by atomic mass is 9.94. The summed E-state index contributed by atoms with van der Waals surface area (Å²) < 4.78 is 7.00. The Balaban J connectivity index is 1.43. The summed E-state index contributed by atoms with van der Waals surface area (Å²) >= 11 is 0.